The molecule has 1 amide bonds. The van der Waals surface area contributed by atoms with Crippen LogP contribution in [0.5, 0.6) is 0 Å². The van der Waals surface area contributed by atoms with Crippen molar-refractivity contribution in [2.24, 2.45) is 0 Å². The minimum absolute atomic E-state index is 0.0975. The zero-order chi connectivity index (χ0) is 25.4. The molecule has 2 heterocycles. The molecule has 0 spiro atoms. The summed E-state index contributed by atoms with van der Waals surface area (Å²) in [5.41, 5.74) is -0.350. The van der Waals surface area contributed by atoms with Gasteiger partial charge < -0.3 is 5.32 Å². The van der Waals surface area contributed by atoms with Crippen molar-refractivity contribution in [1.82, 2.24) is 14.6 Å². The average Bonchev–Trinajstić information content (AvgIpc) is 2.83. The Morgan fingerprint density at radius 2 is 1.88 bits per heavy atom. The third-order valence-corrected chi connectivity index (χ3v) is 8.36. The molecule has 1 aromatic heterocycles. The van der Waals surface area contributed by atoms with Gasteiger partial charge in [0.05, 0.1) is 22.0 Å². The van der Waals surface area contributed by atoms with Crippen LogP contribution in [0.2, 0.25) is 10.0 Å². The maximum absolute atomic E-state index is 14.7. The van der Waals surface area contributed by atoms with Crippen LogP contribution in [0.25, 0.3) is 0 Å². The van der Waals surface area contributed by atoms with E-state index < -0.39 is 27.2 Å². The number of hydrogen-bond acceptors (Lipinski definition) is 4. The van der Waals surface area contributed by atoms with Crippen LogP contribution in [-0.4, -0.2) is 49.0 Å². The molecular weight excluding hydrogens is 500 g/mol. The van der Waals surface area contributed by atoms with Gasteiger partial charge >= 0.3 is 0 Å². The van der Waals surface area contributed by atoms with Gasteiger partial charge in [0.25, 0.3) is 5.91 Å². The van der Waals surface area contributed by atoms with Crippen molar-refractivity contribution in [3.8, 4) is 0 Å². The molecule has 6 nitrogen and oxygen atoms in total. The first-order valence-corrected chi connectivity index (χ1v) is 13.9. The third-order valence-electron chi connectivity index (χ3n) is 5.85. The minimum atomic E-state index is -3.37. The van der Waals surface area contributed by atoms with Crippen LogP contribution >= 0.6 is 23.2 Å². The van der Waals surface area contributed by atoms with E-state index in [1.807, 2.05) is 20.8 Å². The maximum Gasteiger partial charge on any atom is 0.252 e. The van der Waals surface area contributed by atoms with Gasteiger partial charge in [0, 0.05) is 36.3 Å². The lowest BCUT2D eigenvalue weighted by Crippen LogP contribution is -2.51. The van der Waals surface area contributed by atoms with E-state index in [1.165, 1.54) is 34.8 Å². The normalized spacial score (nSPS) is 15.8. The first kappa shape index (κ1) is 28.5. The van der Waals surface area contributed by atoms with Crippen LogP contribution in [0.4, 0.5) is 4.39 Å². The number of unbranched alkanes of at least 4 members (excludes halogenated alkanes) is 1. The van der Waals surface area contributed by atoms with E-state index in [2.05, 4.69) is 10.3 Å². The SMILES string of the molecule is CC.CCCCS(=O)(=O)N1CCC(CNC(=O)c2ccc(Cl)cc2Cl)(c2ncccc2F)CC1. The van der Waals surface area contributed by atoms with E-state index in [9.17, 15) is 17.6 Å². The zero-order valence-electron chi connectivity index (χ0n) is 19.8. The molecular formula is C24H32Cl2FN3O3S. The van der Waals surface area contributed by atoms with Crippen LogP contribution in [-0.2, 0) is 15.4 Å². The summed E-state index contributed by atoms with van der Waals surface area (Å²) in [4.78, 5) is 17.0. The number of carbonyl (C=O) groups excluding carboxylic acids is 1. The Bertz CT molecular complexity index is 1070. The summed E-state index contributed by atoms with van der Waals surface area (Å²) in [6.07, 6.45) is 3.55. The largest absolute Gasteiger partial charge is 0.351 e. The number of hydrogen-bond donors (Lipinski definition) is 1. The highest BCUT2D eigenvalue weighted by molar-refractivity contribution is 7.89. The second-order valence-electron chi connectivity index (χ2n) is 7.99. The summed E-state index contributed by atoms with van der Waals surface area (Å²) in [5, 5.41) is 3.47. The van der Waals surface area contributed by atoms with Crippen LogP contribution in [0.15, 0.2) is 36.5 Å². The molecule has 0 radical (unpaired) electrons. The molecule has 3 rings (SSSR count). The van der Waals surface area contributed by atoms with Crippen molar-refractivity contribution >= 4 is 39.1 Å². The van der Waals surface area contributed by atoms with E-state index in [0.717, 1.165) is 6.42 Å². The molecule has 34 heavy (non-hydrogen) atoms. The fourth-order valence-corrected chi connectivity index (χ4v) is 6.08. The van der Waals surface area contributed by atoms with Gasteiger partial charge in [-0.2, -0.15) is 0 Å². The van der Waals surface area contributed by atoms with Gasteiger partial charge in [0.2, 0.25) is 10.0 Å². The molecule has 1 aromatic carbocycles. The Morgan fingerprint density at radius 3 is 2.47 bits per heavy atom. The molecule has 0 atom stereocenters. The minimum Gasteiger partial charge on any atom is -0.351 e. The number of halogens is 3. The van der Waals surface area contributed by atoms with Crippen molar-refractivity contribution in [3.05, 3.63) is 63.6 Å². The number of amides is 1. The lowest BCUT2D eigenvalue weighted by Gasteiger charge is -2.41. The Labute approximate surface area is 211 Å². The topological polar surface area (TPSA) is 79.4 Å². The molecule has 1 aliphatic rings. The summed E-state index contributed by atoms with van der Waals surface area (Å²) in [6, 6.07) is 7.40. The fourth-order valence-electron chi connectivity index (χ4n) is 3.94. The quantitative estimate of drug-likeness (QED) is 0.491. The number of nitrogens with one attached hydrogen (secondary N) is 1. The molecule has 0 aliphatic carbocycles. The highest BCUT2D eigenvalue weighted by atomic mass is 35.5. The molecule has 0 unspecified atom stereocenters. The first-order valence-electron chi connectivity index (χ1n) is 11.5. The molecule has 2 aromatic rings. The highest BCUT2D eigenvalue weighted by Gasteiger charge is 2.42. The van der Waals surface area contributed by atoms with Gasteiger partial charge in [-0.25, -0.2) is 17.1 Å². The Morgan fingerprint density at radius 1 is 1.21 bits per heavy atom. The summed E-state index contributed by atoms with van der Waals surface area (Å²) >= 11 is 12.0. The van der Waals surface area contributed by atoms with Crippen molar-refractivity contribution in [3.63, 3.8) is 0 Å². The first-order chi connectivity index (χ1) is 16.2. The smallest absolute Gasteiger partial charge is 0.252 e. The number of aromatic nitrogens is 1. The Hall–Kier alpha value is -1.74. The number of benzene rings is 1. The van der Waals surface area contributed by atoms with Gasteiger partial charge in [-0.15, -0.1) is 0 Å². The van der Waals surface area contributed by atoms with Crippen LogP contribution in [0, 0.1) is 5.82 Å². The van der Waals surface area contributed by atoms with E-state index in [-0.39, 0.29) is 41.7 Å². The zero-order valence-corrected chi connectivity index (χ0v) is 22.1. The van der Waals surface area contributed by atoms with Gasteiger partial charge in [0.1, 0.15) is 5.82 Å². The fraction of sp³-hybridized carbons (Fsp3) is 0.500. The maximum atomic E-state index is 14.7. The number of carbonyl (C=O) groups is 1. The summed E-state index contributed by atoms with van der Waals surface area (Å²) in [6.45, 7) is 6.51. The second-order valence-corrected chi connectivity index (χ2v) is 10.9. The van der Waals surface area contributed by atoms with Gasteiger partial charge in [0.15, 0.2) is 0 Å². The molecule has 0 bridgehead atoms. The van der Waals surface area contributed by atoms with Crippen LogP contribution in [0.1, 0.15) is 62.5 Å². The van der Waals surface area contributed by atoms with Crippen LogP contribution < -0.4 is 5.32 Å². The lowest BCUT2D eigenvalue weighted by molar-refractivity contribution is 0.0931. The second kappa shape index (κ2) is 12.8. The van der Waals surface area contributed by atoms with Crippen molar-refractivity contribution < 1.29 is 17.6 Å². The van der Waals surface area contributed by atoms with E-state index in [4.69, 9.17) is 23.2 Å². The van der Waals surface area contributed by atoms with Crippen molar-refractivity contribution in [1.29, 1.82) is 0 Å². The van der Waals surface area contributed by atoms with Crippen LogP contribution in [0.3, 0.4) is 0 Å². The average molecular weight is 533 g/mol. The number of sulfonamides is 1. The summed E-state index contributed by atoms with van der Waals surface area (Å²) in [5.74, 6) is -0.797. The van der Waals surface area contributed by atoms with E-state index in [1.54, 1.807) is 6.07 Å². The monoisotopic (exact) mass is 531 g/mol. The third kappa shape index (κ3) is 6.90. The van der Waals surface area contributed by atoms with Crippen molar-refractivity contribution in [2.75, 3.05) is 25.4 Å². The van der Waals surface area contributed by atoms with Gasteiger partial charge in [-0.05, 0) is 49.6 Å². The molecule has 0 saturated carbocycles. The molecule has 1 N–H and O–H groups in total. The van der Waals surface area contributed by atoms with Gasteiger partial charge in [-0.1, -0.05) is 50.4 Å². The molecule has 188 valence electrons. The standard InChI is InChI=1S/C22H26Cl2FN3O3S.C2H6/c1-2-3-13-32(30,31)28-11-8-22(9-12-28,20-19(25)5-4-10-26-20)15-27-21(29)17-7-6-16(23)14-18(17)24;1-2/h4-7,10,14H,2-3,8-9,11-13,15H2,1H3,(H,27,29);1-2H3. The van der Waals surface area contributed by atoms with Gasteiger partial charge in [-0.3, -0.25) is 9.78 Å². The predicted molar refractivity (Wildman–Crippen MR) is 136 cm³/mol. The summed E-state index contributed by atoms with van der Waals surface area (Å²) < 4.78 is 41.4. The van der Waals surface area contributed by atoms with E-state index >= 15 is 0 Å². The number of nitrogens with zero attached hydrogens (tertiary/aromatic N) is 2. The van der Waals surface area contributed by atoms with Crippen molar-refractivity contribution in [2.45, 2.75) is 51.9 Å². The summed E-state index contributed by atoms with van der Waals surface area (Å²) in [7, 11) is -3.37. The lowest BCUT2D eigenvalue weighted by atomic mass is 9.75. The Balaban J connectivity index is 0.00000199. The number of piperidine rings is 1. The van der Waals surface area contributed by atoms with E-state index in [0.29, 0.717) is 24.3 Å². The predicted octanol–water partition coefficient (Wildman–Crippen LogP) is 5.45. The molecule has 10 heteroatoms. The number of rotatable bonds is 8. The Kier molecular flexibility index (Phi) is 10.7. The molecule has 1 aliphatic heterocycles. The molecule has 1 saturated heterocycles. The number of pyridine rings is 1. The molecule has 1 fully saturated rings. The highest BCUT2D eigenvalue weighted by Crippen LogP contribution is 2.36.